The second kappa shape index (κ2) is 4.07. The normalized spacial score (nSPS) is 23.9. The number of fused-ring (bicyclic) bond motifs is 1. The van der Waals surface area contributed by atoms with Crippen LogP contribution in [-0.4, -0.2) is 18.2 Å². The highest BCUT2D eigenvalue weighted by Crippen LogP contribution is 2.39. The van der Waals surface area contributed by atoms with Crippen LogP contribution in [0.1, 0.15) is 24.0 Å². The maximum atomic E-state index is 11.4. The Kier molecular flexibility index (Phi) is 2.91. The van der Waals surface area contributed by atoms with E-state index >= 15 is 0 Å². The number of carboxylic acids is 1. The number of carboxylic acid groups (broad SMARTS) is 1. The number of carbonyl (C=O) groups is 1. The van der Waals surface area contributed by atoms with Gasteiger partial charge in [-0.05, 0) is 42.5 Å². The highest BCUT2D eigenvalue weighted by atomic mass is 35.5. The predicted molar refractivity (Wildman–Crippen MR) is 60.7 cm³/mol. The van der Waals surface area contributed by atoms with Crippen molar-refractivity contribution in [2.24, 2.45) is 0 Å². The molecular weight excluding hydrogens is 228 g/mol. The number of ether oxygens (including phenoxy) is 1. The molecule has 2 rings (SSSR count). The SMILES string of the molecule is COC1(C(=O)O)CCCc2ccc(Cl)cc21. The first kappa shape index (κ1) is 11.4. The van der Waals surface area contributed by atoms with Crippen LogP contribution < -0.4 is 0 Å². The Bertz CT molecular complexity index is 430. The molecule has 0 aliphatic heterocycles. The second-order valence-corrected chi connectivity index (χ2v) is 4.43. The number of methoxy groups -OCH3 is 1. The fraction of sp³-hybridized carbons (Fsp3) is 0.417. The van der Waals surface area contributed by atoms with Gasteiger partial charge in [0.2, 0.25) is 0 Å². The Labute approximate surface area is 99.0 Å². The van der Waals surface area contributed by atoms with Crippen LogP contribution in [0.15, 0.2) is 18.2 Å². The summed E-state index contributed by atoms with van der Waals surface area (Å²) in [5.74, 6) is -0.946. The van der Waals surface area contributed by atoms with Crippen molar-refractivity contribution >= 4 is 17.6 Å². The van der Waals surface area contributed by atoms with Crippen molar-refractivity contribution < 1.29 is 14.6 Å². The molecule has 0 saturated carbocycles. The fourth-order valence-corrected chi connectivity index (χ4v) is 2.50. The van der Waals surface area contributed by atoms with Gasteiger partial charge in [0.15, 0.2) is 5.60 Å². The molecule has 0 aromatic heterocycles. The lowest BCUT2D eigenvalue weighted by atomic mass is 9.79. The van der Waals surface area contributed by atoms with E-state index in [4.69, 9.17) is 16.3 Å². The molecule has 3 nitrogen and oxygen atoms in total. The van der Waals surface area contributed by atoms with Gasteiger partial charge in [-0.15, -0.1) is 0 Å². The molecule has 0 heterocycles. The molecule has 1 aromatic rings. The van der Waals surface area contributed by atoms with Gasteiger partial charge in [-0.25, -0.2) is 4.79 Å². The predicted octanol–water partition coefficient (Wildman–Crippen LogP) is 2.60. The summed E-state index contributed by atoms with van der Waals surface area (Å²) in [6.45, 7) is 0. The average molecular weight is 241 g/mol. The summed E-state index contributed by atoms with van der Waals surface area (Å²) in [6.07, 6.45) is 2.19. The van der Waals surface area contributed by atoms with E-state index < -0.39 is 11.6 Å². The number of halogens is 1. The van der Waals surface area contributed by atoms with Crippen molar-refractivity contribution in [1.29, 1.82) is 0 Å². The van der Waals surface area contributed by atoms with Crippen LogP contribution in [0.2, 0.25) is 5.02 Å². The Morgan fingerprint density at radius 3 is 2.94 bits per heavy atom. The first-order valence-corrected chi connectivity index (χ1v) is 5.55. The van der Waals surface area contributed by atoms with Gasteiger partial charge in [0, 0.05) is 12.1 Å². The first-order chi connectivity index (χ1) is 7.60. The molecule has 1 aromatic carbocycles. The molecule has 1 aliphatic rings. The molecule has 0 spiro atoms. The van der Waals surface area contributed by atoms with Gasteiger partial charge in [0.25, 0.3) is 0 Å². The van der Waals surface area contributed by atoms with E-state index in [-0.39, 0.29) is 0 Å². The van der Waals surface area contributed by atoms with Crippen LogP contribution in [0.4, 0.5) is 0 Å². The van der Waals surface area contributed by atoms with Crippen LogP contribution in [0.5, 0.6) is 0 Å². The van der Waals surface area contributed by atoms with E-state index in [1.54, 1.807) is 12.1 Å². The van der Waals surface area contributed by atoms with Crippen LogP contribution in [-0.2, 0) is 21.6 Å². The number of rotatable bonds is 2. The molecule has 0 saturated heterocycles. The van der Waals surface area contributed by atoms with Crippen LogP contribution >= 0.6 is 11.6 Å². The lowest BCUT2D eigenvalue weighted by Crippen LogP contribution is -2.40. The highest BCUT2D eigenvalue weighted by molar-refractivity contribution is 6.30. The Morgan fingerprint density at radius 2 is 2.31 bits per heavy atom. The fourth-order valence-electron chi connectivity index (χ4n) is 2.33. The summed E-state index contributed by atoms with van der Waals surface area (Å²) in [4.78, 5) is 11.4. The first-order valence-electron chi connectivity index (χ1n) is 5.17. The zero-order valence-corrected chi connectivity index (χ0v) is 9.75. The summed E-state index contributed by atoms with van der Waals surface area (Å²) in [6, 6.07) is 5.37. The smallest absolute Gasteiger partial charge is 0.340 e. The summed E-state index contributed by atoms with van der Waals surface area (Å²) in [5.41, 5.74) is 0.486. The third-order valence-electron chi connectivity index (χ3n) is 3.18. The van der Waals surface area contributed by atoms with Crippen molar-refractivity contribution in [3.63, 3.8) is 0 Å². The maximum absolute atomic E-state index is 11.4. The van der Waals surface area contributed by atoms with Gasteiger partial charge in [-0.1, -0.05) is 17.7 Å². The van der Waals surface area contributed by atoms with Crippen LogP contribution in [0, 0.1) is 0 Å². The monoisotopic (exact) mass is 240 g/mol. The van der Waals surface area contributed by atoms with Crippen molar-refractivity contribution in [2.75, 3.05) is 7.11 Å². The van der Waals surface area contributed by atoms with Gasteiger partial charge >= 0.3 is 5.97 Å². The van der Waals surface area contributed by atoms with Gasteiger partial charge < -0.3 is 9.84 Å². The molecule has 86 valence electrons. The summed E-state index contributed by atoms with van der Waals surface area (Å²) >= 11 is 5.92. The van der Waals surface area contributed by atoms with Gasteiger partial charge in [-0.3, -0.25) is 0 Å². The van der Waals surface area contributed by atoms with E-state index in [1.807, 2.05) is 6.07 Å². The highest BCUT2D eigenvalue weighted by Gasteiger charge is 2.44. The third kappa shape index (κ3) is 1.60. The molecule has 1 aliphatic carbocycles. The van der Waals surface area contributed by atoms with Gasteiger partial charge in [-0.2, -0.15) is 0 Å². The molecular formula is C12H13ClO3. The van der Waals surface area contributed by atoms with E-state index in [2.05, 4.69) is 0 Å². The number of hydrogen-bond acceptors (Lipinski definition) is 2. The van der Waals surface area contributed by atoms with Crippen molar-refractivity contribution in [3.05, 3.63) is 34.3 Å². The lowest BCUT2D eigenvalue weighted by Gasteiger charge is -2.34. The molecule has 16 heavy (non-hydrogen) atoms. The minimum absolute atomic E-state index is 0.492. The Hall–Kier alpha value is -1.06. The summed E-state index contributed by atoms with van der Waals surface area (Å²) < 4.78 is 5.26. The number of hydrogen-bond donors (Lipinski definition) is 1. The maximum Gasteiger partial charge on any atom is 0.340 e. The van der Waals surface area contributed by atoms with Crippen LogP contribution in [0.3, 0.4) is 0 Å². The topological polar surface area (TPSA) is 46.5 Å². The molecule has 4 heteroatoms. The third-order valence-corrected chi connectivity index (χ3v) is 3.41. The largest absolute Gasteiger partial charge is 0.479 e. The van der Waals surface area contributed by atoms with E-state index in [0.29, 0.717) is 17.0 Å². The van der Waals surface area contributed by atoms with Gasteiger partial charge in [0.05, 0.1) is 0 Å². The van der Waals surface area contributed by atoms with E-state index in [9.17, 15) is 9.90 Å². The summed E-state index contributed by atoms with van der Waals surface area (Å²) in [5, 5.41) is 9.90. The second-order valence-electron chi connectivity index (χ2n) is 3.99. The standard InChI is InChI=1S/C12H13ClO3/c1-16-12(11(14)15)6-2-3-8-4-5-9(13)7-10(8)12/h4-5,7H,2-3,6H2,1H3,(H,14,15). The molecule has 0 radical (unpaired) electrons. The zero-order valence-electron chi connectivity index (χ0n) is 9.00. The molecule has 0 fully saturated rings. The van der Waals surface area contributed by atoms with Crippen molar-refractivity contribution in [1.82, 2.24) is 0 Å². The minimum Gasteiger partial charge on any atom is -0.479 e. The van der Waals surface area contributed by atoms with Crippen molar-refractivity contribution in [3.8, 4) is 0 Å². The van der Waals surface area contributed by atoms with E-state index in [0.717, 1.165) is 18.4 Å². The number of aliphatic carboxylic acids is 1. The molecule has 1 unspecified atom stereocenters. The number of aryl methyl sites for hydroxylation is 1. The molecule has 1 atom stereocenters. The zero-order chi connectivity index (χ0) is 11.8. The molecule has 0 bridgehead atoms. The Balaban J connectivity index is 2.61. The van der Waals surface area contributed by atoms with E-state index in [1.165, 1.54) is 7.11 Å². The number of benzene rings is 1. The quantitative estimate of drug-likeness (QED) is 0.864. The minimum atomic E-state index is -1.22. The molecule has 1 N–H and O–H groups in total. The Morgan fingerprint density at radius 1 is 1.56 bits per heavy atom. The molecule has 0 amide bonds. The van der Waals surface area contributed by atoms with Crippen LogP contribution in [0.25, 0.3) is 0 Å². The van der Waals surface area contributed by atoms with Crippen molar-refractivity contribution in [2.45, 2.75) is 24.9 Å². The lowest BCUT2D eigenvalue weighted by molar-refractivity contribution is -0.165. The average Bonchev–Trinajstić information content (AvgIpc) is 2.27. The van der Waals surface area contributed by atoms with Gasteiger partial charge in [0.1, 0.15) is 0 Å². The summed E-state index contributed by atoms with van der Waals surface area (Å²) in [7, 11) is 1.43.